The standard InChI is InChI=1S/C21H18FNO.Li.H/c22-16-20(24)23-21(17-10-4-1-5-11-17,18-12-6-2-7-13-18)19-14-8-3-9-15-19;;/h1-15H,16H2,(H,23,24);;. The fourth-order valence-electron chi connectivity index (χ4n) is 3.02. The summed E-state index contributed by atoms with van der Waals surface area (Å²) in [4.78, 5) is 12.1. The van der Waals surface area contributed by atoms with Gasteiger partial charge < -0.3 is 5.32 Å². The molecule has 0 radical (unpaired) electrons. The van der Waals surface area contributed by atoms with Crippen LogP contribution in [0.5, 0.6) is 0 Å². The van der Waals surface area contributed by atoms with E-state index in [0.29, 0.717) is 0 Å². The molecule has 1 N–H and O–H groups in total. The van der Waals surface area contributed by atoms with Crippen molar-refractivity contribution in [3.8, 4) is 0 Å². The molecule has 122 valence electrons. The van der Waals surface area contributed by atoms with Gasteiger partial charge in [-0.1, -0.05) is 91.0 Å². The van der Waals surface area contributed by atoms with Crippen LogP contribution in [0.25, 0.3) is 0 Å². The monoisotopic (exact) mass is 327 g/mol. The third-order valence-corrected chi connectivity index (χ3v) is 4.07. The summed E-state index contributed by atoms with van der Waals surface area (Å²) < 4.78 is 13.1. The van der Waals surface area contributed by atoms with Crippen LogP contribution in [0.4, 0.5) is 4.39 Å². The third-order valence-electron chi connectivity index (χ3n) is 4.07. The fraction of sp³-hybridized carbons (Fsp3) is 0.0952. The Hall–Kier alpha value is -2.34. The second kappa shape index (κ2) is 8.67. The van der Waals surface area contributed by atoms with E-state index in [1.807, 2.05) is 91.0 Å². The van der Waals surface area contributed by atoms with Gasteiger partial charge in [-0.15, -0.1) is 0 Å². The number of carbonyl (C=O) groups excluding carboxylic acids is 1. The molecule has 0 saturated carbocycles. The molecule has 0 saturated heterocycles. The molecule has 3 aromatic carbocycles. The van der Waals surface area contributed by atoms with Gasteiger partial charge in [0.1, 0.15) is 5.54 Å². The van der Waals surface area contributed by atoms with Crippen molar-refractivity contribution in [1.29, 1.82) is 0 Å². The summed E-state index contributed by atoms with van der Waals surface area (Å²) in [5, 5.41) is 2.92. The van der Waals surface area contributed by atoms with Crippen LogP contribution in [0, 0.1) is 0 Å². The van der Waals surface area contributed by atoms with Crippen molar-refractivity contribution in [2.75, 3.05) is 6.67 Å². The predicted octanol–water partition coefficient (Wildman–Crippen LogP) is 3.42. The number of carbonyl (C=O) groups is 1. The van der Waals surface area contributed by atoms with Crippen LogP contribution in [0.15, 0.2) is 91.0 Å². The van der Waals surface area contributed by atoms with E-state index in [1.165, 1.54) is 0 Å². The molecule has 0 fully saturated rings. The molecule has 0 aliphatic rings. The summed E-state index contributed by atoms with van der Waals surface area (Å²) in [6, 6.07) is 28.9. The molecule has 25 heavy (non-hydrogen) atoms. The average Bonchev–Trinajstić information content (AvgIpc) is 2.68. The second-order valence-corrected chi connectivity index (χ2v) is 5.53. The van der Waals surface area contributed by atoms with Crippen molar-refractivity contribution < 1.29 is 9.18 Å². The molecule has 1 amide bonds. The predicted molar refractivity (Wildman–Crippen MR) is 100 cm³/mol. The quantitative estimate of drug-likeness (QED) is 0.565. The van der Waals surface area contributed by atoms with Gasteiger partial charge in [0.15, 0.2) is 6.67 Å². The van der Waals surface area contributed by atoms with Crippen molar-refractivity contribution >= 4 is 24.8 Å². The topological polar surface area (TPSA) is 29.1 Å². The molecule has 0 atom stereocenters. The number of halogens is 1. The van der Waals surface area contributed by atoms with E-state index in [4.69, 9.17) is 0 Å². The van der Waals surface area contributed by atoms with E-state index < -0.39 is 18.1 Å². The summed E-state index contributed by atoms with van der Waals surface area (Å²) in [5.74, 6) is -0.647. The Morgan fingerprint density at radius 1 is 0.720 bits per heavy atom. The van der Waals surface area contributed by atoms with Gasteiger partial charge in [-0.25, -0.2) is 4.39 Å². The Balaban J connectivity index is 0.00000225. The number of amides is 1. The van der Waals surface area contributed by atoms with Gasteiger partial charge in [0.25, 0.3) is 5.91 Å². The number of alkyl halides is 1. The summed E-state index contributed by atoms with van der Waals surface area (Å²) in [6.07, 6.45) is 0. The molecule has 0 aliphatic carbocycles. The molecule has 4 heteroatoms. The second-order valence-electron chi connectivity index (χ2n) is 5.53. The summed E-state index contributed by atoms with van der Waals surface area (Å²) in [6.45, 7) is -1.06. The van der Waals surface area contributed by atoms with E-state index in [0.717, 1.165) is 16.7 Å². The first-order valence-corrected chi connectivity index (χ1v) is 7.81. The van der Waals surface area contributed by atoms with Gasteiger partial charge in [-0.2, -0.15) is 0 Å². The Morgan fingerprint density at radius 3 is 1.32 bits per heavy atom. The van der Waals surface area contributed by atoms with Crippen molar-refractivity contribution in [1.82, 2.24) is 5.32 Å². The minimum absolute atomic E-state index is 0. The molecule has 0 aromatic heterocycles. The molecule has 0 spiro atoms. The molecule has 3 aromatic rings. The van der Waals surface area contributed by atoms with E-state index in [-0.39, 0.29) is 18.9 Å². The first-order valence-electron chi connectivity index (χ1n) is 7.81. The molecule has 2 nitrogen and oxygen atoms in total. The third kappa shape index (κ3) is 3.84. The van der Waals surface area contributed by atoms with Gasteiger partial charge in [0, 0.05) is 0 Å². The molecular weight excluding hydrogens is 308 g/mol. The van der Waals surface area contributed by atoms with Crippen LogP contribution in [0.2, 0.25) is 0 Å². The van der Waals surface area contributed by atoms with Crippen molar-refractivity contribution in [2.45, 2.75) is 5.54 Å². The van der Waals surface area contributed by atoms with Gasteiger partial charge in [0.2, 0.25) is 0 Å². The Kier molecular flexibility index (Phi) is 6.58. The van der Waals surface area contributed by atoms with E-state index in [9.17, 15) is 9.18 Å². The van der Waals surface area contributed by atoms with Crippen molar-refractivity contribution in [2.24, 2.45) is 0 Å². The molecule has 3 rings (SSSR count). The summed E-state index contributed by atoms with van der Waals surface area (Å²) in [5.41, 5.74) is 1.70. The number of hydrogen-bond acceptors (Lipinski definition) is 1. The molecule has 0 heterocycles. The van der Waals surface area contributed by atoms with E-state index >= 15 is 0 Å². The minimum atomic E-state index is -1.06. The van der Waals surface area contributed by atoms with E-state index in [1.54, 1.807) is 0 Å². The normalized spacial score (nSPS) is 10.6. The van der Waals surface area contributed by atoms with Crippen molar-refractivity contribution in [3.05, 3.63) is 108 Å². The van der Waals surface area contributed by atoms with Gasteiger partial charge in [-0.05, 0) is 16.7 Å². The Labute approximate surface area is 159 Å². The van der Waals surface area contributed by atoms with Crippen LogP contribution in [-0.4, -0.2) is 31.4 Å². The van der Waals surface area contributed by atoms with Crippen LogP contribution >= 0.6 is 0 Å². The van der Waals surface area contributed by atoms with Crippen molar-refractivity contribution in [3.63, 3.8) is 0 Å². The van der Waals surface area contributed by atoms with Crippen LogP contribution < -0.4 is 5.32 Å². The molecule has 0 aliphatic heterocycles. The first-order chi connectivity index (χ1) is 11.8. The van der Waals surface area contributed by atoms with Crippen LogP contribution in [-0.2, 0) is 10.3 Å². The van der Waals surface area contributed by atoms with Gasteiger partial charge in [0.05, 0.1) is 0 Å². The summed E-state index contributed by atoms with van der Waals surface area (Å²) in [7, 11) is 0. The zero-order chi connectivity index (χ0) is 16.8. The number of benzene rings is 3. The van der Waals surface area contributed by atoms with Crippen LogP contribution in [0.1, 0.15) is 16.7 Å². The van der Waals surface area contributed by atoms with Gasteiger partial charge >= 0.3 is 18.9 Å². The number of hydrogen-bond donors (Lipinski definition) is 1. The van der Waals surface area contributed by atoms with Gasteiger partial charge in [-0.3, -0.25) is 4.79 Å². The summed E-state index contributed by atoms with van der Waals surface area (Å²) >= 11 is 0. The SMILES string of the molecule is O=C(CF)NC(c1ccccc1)(c1ccccc1)c1ccccc1.[LiH]. The Bertz CT molecular complexity index is 697. The zero-order valence-electron chi connectivity index (χ0n) is 13.2. The number of nitrogens with one attached hydrogen (secondary N) is 1. The Morgan fingerprint density at radius 2 is 1.04 bits per heavy atom. The van der Waals surface area contributed by atoms with E-state index in [2.05, 4.69) is 5.32 Å². The maximum absolute atomic E-state index is 13.1. The average molecular weight is 327 g/mol. The number of rotatable bonds is 5. The molecule has 0 unspecified atom stereocenters. The zero-order valence-corrected chi connectivity index (χ0v) is 13.2. The molecular formula is C21H19FLiNO. The molecule has 0 bridgehead atoms. The van der Waals surface area contributed by atoms with Crippen LogP contribution in [0.3, 0.4) is 0 Å². The first kappa shape index (κ1) is 19.0. The maximum atomic E-state index is 13.1. The fourth-order valence-corrected chi connectivity index (χ4v) is 3.02.